The van der Waals surface area contributed by atoms with Crippen LogP contribution >= 0.6 is 0 Å². The summed E-state index contributed by atoms with van der Waals surface area (Å²) in [5, 5.41) is 15.4. The van der Waals surface area contributed by atoms with Gasteiger partial charge in [-0.3, -0.25) is 9.48 Å². The second-order valence-corrected chi connectivity index (χ2v) is 7.40. The molecule has 26 heavy (non-hydrogen) atoms. The number of amides is 1. The average Bonchev–Trinajstić information content (AvgIpc) is 3.06. The topological polar surface area (TPSA) is 85.2 Å². The third kappa shape index (κ3) is 3.41. The van der Waals surface area contributed by atoms with E-state index in [4.69, 9.17) is 4.74 Å². The molecule has 8 heteroatoms. The highest BCUT2D eigenvalue weighted by Crippen LogP contribution is 2.37. The molecule has 8 nitrogen and oxygen atoms in total. The van der Waals surface area contributed by atoms with Gasteiger partial charge < -0.3 is 15.0 Å². The Morgan fingerprint density at radius 3 is 2.85 bits per heavy atom. The van der Waals surface area contributed by atoms with E-state index in [9.17, 15) is 4.79 Å². The average molecular weight is 356 g/mol. The van der Waals surface area contributed by atoms with Crippen molar-refractivity contribution < 1.29 is 9.53 Å². The standard InChI is InChI=1S/C18H24N6O2/c1-13-3-4-16(22-21-13)24-11-18(12-24)6-5-14(10-26-18)7-19-17(25)15-8-20-23(2)9-15/h3-4,8-9,14H,5-7,10-12H2,1-2H3,(H,19,25). The number of ether oxygens (including phenoxy) is 1. The molecule has 1 spiro atoms. The Kier molecular flexibility index (Phi) is 4.36. The van der Waals surface area contributed by atoms with E-state index in [1.54, 1.807) is 24.1 Å². The summed E-state index contributed by atoms with van der Waals surface area (Å²) in [4.78, 5) is 14.3. The molecule has 0 aromatic carbocycles. The van der Waals surface area contributed by atoms with Gasteiger partial charge in [0.25, 0.3) is 5.91 Å². The monoisotopic (exact) mass is 356 g/mol. The van der Waals surface area contributed by atoms with Crippen LogP contribution in [0.5, 0.6) is 0 Å². The number of aromatic nitrogens is 4. The number of hydrogen-bond acceptors (Lipinski definition) is 6. The number of nitrogens with zero attached hydrogens (tertiary/aromatic N) is 5. The van der Waals surface area contributed by atoms with Gasteiger partial charge >= 0.3 is 0 Å². The first-order chi connectivity index (χ1) is 12.5. The van der Waals surface area contributed by atoms with Gasteiger partial charge in [0.15, 0.2) is 5.82 Å². The highest BCUT2D eigenvalue weighted by Gasteiger charge is 2.47. The molecule has 1 amide bonds. The van der Waals surface area contributed by atoms with Crippen LogP contribution in [0.4, 0.5) is 5.82 Å². The van der Waals surface area contributed by atoms with Gasteiger partial charge in [-0.05, 0) is 37.8 Å². The maximum absolute atomic E-state index is 12.1. The lowest BCUT2D eigenvalue weighted by Crippen LogP contribution is -2.65. The second kappa shape index (κ2) is 6.68. The Labute approximate surface area is 152 Å². The minimum absolute atomic E-state index is 0.0591. The van der Waals surface area contributed by atoms with Gasteiger partial charge in [-0.2, -0.15) is 10.2 Å². The maximum atomic E-state index is 12.1. The van der Waals surface area contributed by atoms with Crippen molar-refractivity contribution in [3.05, 3.63) is 35.8 Å². The van der Waals surface area contributed by atoms with Crippen molar-refractivity contribution in [3.63, 3.8) is 0 Å². The van der Waals surface area contributed by atoms with Crippen LogP contribution in [0.15, 0.2) is 24.5 Å². The van der Waals surface area contributed by atoms with Crippen molar-refractivity contribution in [3.8, 4) is 0 Å². The Balaban J connectivity index is 1.22. The van der Waals surface area contributed by atoms with Gasteiger partial charge in [0.2, 0.25) is 0 Å². The van der Waals surface area contributed by atoms with Crippen molar-refractivity contribution in [1.29, 1.82) is 0 Å². The number of aryl methyl sites for hydroxylation is 2. The first kappa shape index (κ1) is 17.0. The number of anilines is 1. The number of carbonyl (C=O) groups is 1. The molecule has 2 aliphatic rings. The van der Waals surface area contributed by atoms with Crippen molar-refractivity contribution >= 4 is 11.7 Å². The number of nitrogens with one attached hydrogen (secondary N) is 1. The third-order valence-corrected chi connectivity index (χ3v) is 5.22. The Bertz CT molecular complexity index is 771. The van der Waals surface area contributed by atoms with E-state index < -0.39 is 0 Å². The second-order valence-electron chi connectivity index (χ2n) is 7.40. The van der Waals surface area contributed by atoms with Crippen LogP contribution in [0.25, 0.3) is 0 Å². The van der Waals surface area contributed by atoms with Gasteiger partial charge in [0.1, 0.15) is 5.60 Å². The van der Waals surface area contributed by atoms with E-state index in [1.807, 2.05) is 19.1 Å². The third-order valence-electron chi connectivity index (χ3n) is 5.22. The molecule has 1 atom stereocenters. The minimum Gasteiger partial charge on any atom is -0.371 e. The van der Waals surface area contributed by atoms with Gasteiger partial charge in [0, 0.05) is 19.8 Å². The largest absolute Gasteiger partial charge is 0.371 e. The van der Waals surface area contributed by atoms with E-state index in [0.717, 1.165) is 37.4 Å². The zero-order valence-electron chi connectivity index (χ0n) is 15.2. The van der Waals surface area contributed by atoms with E-state index in [2.05, 4.69) is 25.5 Å². The lowest BCUT2D eigenvalue weighted by molar-refractivity contribution is -0.115. The highest BCUT2D eigenvalue weighted by molar-refractivity contribution is 5.93. The summed E-state index contributed by atoms with van der Waals surface area (Å²) in [5.74, 6) is 1.19. The SMILES string of the molecule is Cc1ccc(N2CC3(CCC(CNC(=O)c4cnn(C)c4)CO3)C2)nn1. The summed E-state index contributed by atoms with van der Waals surface area (Å²) >= 11 is 0. The van der Waals surface area contributed by atoms with Crippen LogP contribution in [0.1, 0.15) is 28.9 Å². The van der Waals surface area contributed by atoms with Gasteiger partial charge in [0.05, 0.1) is 37.2 Å². The predicted octanol–water partition coefficient (Wildman–Crippen LogP) is 0.934. The molecule has 1 unspecified atom stereocenters. The van der Waals surface area contributed by atoms with Gasteiger partial charge in [-0.15, -0.1) is 5.10 Å². The number of hydrogen-bond donors (Lipinski definition) is 1. The van der Waals surface area contributed by atoms with Crippen LogP contribution in [0.3, 0.4) is 0 Å². The van der Waals surface area contributed by atoms with Crippen LogP contribution in [-0.4, -0.2) is 57.7 Å². The fourth-order valence-corrected chi connectivity index (χ4v) is 3.58. The first-order valence-corrected chi connectivity index (χ1v) is 8.99. The first-order valence-electron chi connectivity index (χ1n) is 8.99. The molecule has 1 N–H and O–H groups in total. The summed E-state index contributed by atoms with van der Waals surface area (Å²) in [6.45, 7) is 4.97. The minimum atomic E-state index is -0.0776. The molecule has 2 fully saturated rings. The van der Waals surface area contributed by atoms with Crippen LogP contribution in [-0.2, 0) is 11.8 Å². The molecule has 4 rings (SSSR count). The van der Waals surface area contributed by atoms with Crippen LogP contribution in [0.2, 0.25) is 0 Å². The summed E-state index contributed by atoms with van der Waals surface area (Å²) in [5.41, 5.74) is 1.46. The molecule has 0 saturated carbocycles. The lowest BCUT2D eigenvalue weighted by atomic mass is 9.83. The molecular weight excluding hydrogens is 332 g/mol. The summed E-state index contributed by atoms with van der Waals surface area (Å²) in [6.07, 6.45) is 5.37. The Morgan fingerprint density at radius 2 is 2.23 bits per heavy atom. The fraction of sp³-hybridized carbons (Fsp3) is 0.556. The predicted molar refractivity (Wildman–Crippen MR) is 95.9 cm³/mol. The zero-order valence-corrected chi connectivity index (χ0v) is 15.2. The summed E-state index contributed by atoms with van der Waals surface area (Å²) < 4.78 is 7.80. The molecule has 0 radical (unpaired) electrons. The quantitative estimate of drug-likeness (QED) is 0.877. The summed E-state index contributed by atoms with van der Waals surface area (Å²) in [6, 6.07) is 3.99. The molecule has 2 aliphatic heterocycles. The lowest BCUT2D eigenvalue weighted by Gasteiger charge is -2.53. The van der Waals surface area contributed by atoms with E-state index in [1.165, 1.54) is 0 Å². The van der Waals surface area contributed by atoms with Crippen LogP contribution in [0, 0.1) is 12.8 Å². The van der Waals surface area contributed by atoms with Crippen molar-refractivity contribution in [2.45, 2.75) is 25.4 Å². The van der Waals surface area contributed by atoms with Gasteiger partial charge in [-0.25, -0.2) is 0 Å². The molecule has 138 valence electrons. The van der Waals surface area contributed by atoms with Crippen molar-refractivity contribution in [1.82, 2.24) is 25.3 Å². The molecule has 2 aromatic heterocycles. The van der Waals surface area contributed by atoms with E-state index in [0.29, 0.717) is 24.6 Å². The van der Waals surface area contributed by atoms with E-state index in [-0.39, 0.29) is 11.5 Å². The normalized spacial score (nSPS) is 21.5. The maximum Gasteiger partial charge on any atom is 0.254 e. The number of rotatable bonds is 4. The zero-order chi connectivity index (χ0) is 18.1. The molecule has 4 heterocycles. The Hall–Kier alpha value is -2.48. The van der Waals surface area contributed by atoms with Crippen molar-refractivity contribution in [2.75, 3.05) is 31.1 Å². The highest BCUT2D eigenvalue weighted by atomic mass is 16.5. The number of carbonyl (C=O) groups excluding carboxylic acids is 1. The molecule has 2 aromatic rings. The van der Waals surface area contributed by atoms with Crippen LogP contribution < -0.4 is 10.2 Å². The van der Waals surface area contributed by atoms with E-state index >= 15 is 0 Å². The molecule has 0 aliphatic carbocycles. The molecule has 2 saturated heterocycles. The summed E-state index contributed by atoms with van der Waals surface area (Å²) in [7, 11) is 1.80. The Morgan fingerprint density at radius 1 is 1.38 bits per heavy atom. The van der Waals surface area contributed by atoms with Gasteiger partial charge in [-0.1, -0.05) is 0 Å². The molecular formula is C18H24N6O2. The van der Waals surface area contributed by atoms with Crippen molar-refractivity contribution in [2.24, 2.45) is 13.0 Å². The molecule has 0 bridgehead atoms. The fourth-order valence-electron chi connectivity index (χ4n) is 3.58. The smallest absolute Gasteiger partial charge is 0.254 e.